The van der Waals surface area contributed by atoms with Crippen molar-refractivity contribution < 1.29 is 13.2 Å². The maximum absolute atomic E-state index is 13.0. The zero-order valence-electron chi connectivity index (χ0n) is 11.2. The van der Waals surface area contributed by atoms with Gasteiger partial charge >= 0.3 is 6.18 Å². The predicted molar refractivity (Wildman–Crippen MR) is 79.7 cm³/mol. The molecule has 0 radical (unpaired) electrons. The smallest absolute Gasteiger partial charge is 0.380 e. The van der Waals surface area contributed by atoms with Crippen LogP contribution < -0.4 is 5.32 Å². The van der Waals surface area contributed by atoms with Crippen LogP contribution in [0.15, 0.2) is 54.6 Å². The highest BCUT2D eigenvalue weighted by atomic mass is 35.5. The Morgan fingerprint density at radius 1 is 0.952 bits per heavy atom. The fourth-order valence-corrected chi connectivity index (χ4v) is 2.31. The summed E-state index contributed by atoms with van der Waals surface area (Å²) in [7, 11) is 0. The first-order chi connectivity index (χ1) is 10.0. The van der Waals surface area contributed by atoms with Gasteiger partial charge in [-0.3, -0.25) is 0 Å². The van der Waals surface area contributed by atoms with Crippen molar-refractivity contribution in [1.29, 1.82) is 0 Å². The SMILES string of the molecule is FC(F)(F)c1ccccc1NC(CCl)Cc1ccccc1. The Morgan fingerprint density at radius 3 is 2.19 bits per heavy atom. The molecule has 21 heavy (non-hydrogen) atoms. The summed E-state index contributed by atoms with van der Waals surface area (Å²) in [6.45, 7) is 0. The third kappa shape index (κ3) is 4.39. The van der Waals surface area contributed by atoms with Crippen LogP contribution in [0, 0.1) is 0 Å². The molecule has 0 spiro atoms. The van der Waals surface area contributed by atoms with Crippen LogP contribution in [-0.2, 0) is 12.6 Å². The van der Waals surface area contributed by atoms with E-state index in [2.05, 4.69) is 5.32 Å². The summed E-state index contributed by atoms with van der Waals surface area (Å²) < 4.78 is 38.9. The second kappa shape index (κ2) is 6.85. The van der Waals surface area contributed by atoms with Crippen molar-refractivity contribution in [1.82, 2.24) is 0 Å². The highest BCUT2D eigenvalue weighted by Crippen LogP contribution is 2.35. The van der Waals surface area contributed by atoms with Crippen LogP contribution in [0.25, 0.3) is 0 Å². The Balaban J connectivity index is 2.16. The molecule has 0 fully saturated rings. The molecule has 1 nitrogen and oxygen atoms in total. The molecule has 0 aliphatic rings. The standard InChI is InChI=1S/C16H15ClF3N/c17-11-13(10-12-6-2-1-3-7-12)21-15-9-5-4-8-14(15)16(18,19)20/h1-9,13,21H,10-11H2. The van der Waals surface area contributed by atoms with Gasteiger partial charge in [0.1, 0.15) is 0 Å². The predicted octanol–water partition coefficient (Wildman–Crippen LogP) is 4.97. The van der Waals surface area contributed by atoms with Gasteiger partial charge in [-0.2, -0.15) is 13.2 Å². The van der Waals surface area contributed by atoms with E-state index in [1.807, 2.05) is 30.3 Å². The highest BCUT2D eigenvalue weighted by molar-refractivity contribution is 6.18. The number of hydrogen-bond donors (Lipinski definition) is 1. The van der Waals surface area contributed by atoms with Crippen molar-refractivity contribution in [2.45, 2.75) is 18.6 Å². The van der Waals surface area contributed by atoms with Crippen molar-refractivity contribution >= 4 is 17.3 Å². The van der Waals surface area contributed by atoms with Gasteiger partial charge in [0.25, 0.3) is 0 Å². The number of halogens is 4. The molecule has 0 amide bonds. The molecule has 0 heterocycles. The number of alkyl halides is 4. The van der Waals surface area contributed by atoms with Gasteiger partial charge in [0.15, 0.2) is 0 Å². The molecular formula is C16H15ClF3N. The number of anilines is 1. The highest BCUT2D eigenvalue weighted by Gasteiger charge is 2.33. The number of rotatable bonds is 5. The average Bonchev–Trinajstić information content (AvgIpc) is 2.47. The molecule has 0 saturated heterocycles. The first-order valence-corrected chi connectivity index (χ1v) is 7.07. The summed E-state index contributed by atoms with van der Waals surface area (Å²) >= 11 is 5.89. The van der Waals surface area contributed by atoms with Gasteiger partial charge in [0, 0.05) is 17.6 Å². The van der Waals surface area contributed by atoms with Crippen LogP contribution >= 0.6 is 11.6 Å². The molecule has 2 aromatic carbocycles. The van der Waals surface area contributed by atoms with Crippen molar-refractivity contribution in [2.24, 2.45) is 0 Å². The topological polar surface area (TPSA) is 12.0 Å². The summed E-state index contributed by atoms with van der Waals surface area (Å²) in [5.41, 5.74) is 0.417. The van der Waals surface area contributed by atoms with Gasteiger partial charge in [0.2, 0.25) is 0 Å². The van der Waals surface area contributed by atoms with Crippen LogP contribution in [0.4, 0.5) is 18.9 Å². The van der Waals surface area contributed by atoms with Gasteiger partial charge < -0.3 is 5.32 Å². The van der Waals surface area contributed by atoms with E-state index >= 15 is 0 Å². The number of para-hydroxylation sites is 1. The van der Waals surface area contributed by atoms with Crippen molar-refractivity contribution in [3.63, 3.8) is 0 Å². The molecular weight excluding hydrogens is 299 g/mol. The van der Waals surface area contributed by atoms with Gasteiger partial charge in [0.05, 0.1) is 5.56 Å². The molecule has 2 aromatic rings. The van der Waals surface area contributed by atoms with Crippen LogP contribution in [0.1, 0.15) is 11.1 Å². The molecule has 1 unspecified atom stereocenters. The van der Waals surface area contributed by atoms with Crippen LogP contribution in [0.3, 0.4) is 0 Å². The third-order valence-corrected chi connectivity index (χ3v) is 3.48. The molecule has 1 N–H and O–H groups in total. The Hall–Kier alpha value is -1.68. The maximum atomic E-state index is 13.0. The zero-order chi connectivity index (χ0) is 15.3. The van der Waals surface area contributed by atoms with Gasteiger partial charge in [-0.05, 0) is 24.1 Å². The van der Waals surface area contributed by atoms with Crippen LogP contribution in [0.5, 0.6) is 0 Å². The first kappa shape index (κ1) is 15.7. The minimum Gasteiger partial charge on any atom is -0.380 e. The lowest BCUT2D eigenvalue weighted by molar-refractivity contribution is -0.137. The Morgan fingerprint density at radius 2 is 1.57 bits per heavy atom. The van der Waals surface area contributed by atoms with E-state index in [9.17, 15) is 13.2 Å². The maximum Gasteiger partial charge on any atom is 0.418 e. The minimum absolute atomic E-state index is 0.0616. The summed E-state index contributed by atoms with van der Waals surface area (Å²) in [5.74, 6) is 0.223. The molecule has 112 valence electrons. The first-order valence-electron chi connectivity index (χ1n) is 6.53. The summed E-state index contributed by atoms with van der Waals surface area (Å²) in [5, 5.41) is 2.90. The second-order valence-corrected chi connectivity index (χ2v) is 5.04. The lowest BCUT2D eigenvalue weighted by atomic mass is 10.1. The quantitative estimate of drug-likeness (QED) is 0.769. The van der Waals surface area contributed by atoms with E-state index < -0.39 is 11.7 Å². The van der Waals surface area contributed by atoms with E-state index in [1.54, 1.807) is 6.07 Å². The molecule has 2 rings (SSSR count). The second-order valence-electron chi connectivity index (χ2n) is 4.73. The fraction of sp³-hybridized carbons (Fsp3) is 0.250. The molecule has 1 atom stereocenters. The largest absolute Gasteiger partial charge is 0.418 e. The Bertz CT molecular complexity index is 569. The van der Waals surface area contributed by atoms with Crippen molar-refractivity contribution in [2.75, 3.05) is 11.2 Å². The molecule has 0 saturated carbocycles. The molecule has 0 aromatic heterocycles. The third-order valence-electron chi connectivity index (χ3n) is 3.10. The monoisotopic (exact) mass is 313 g/mol. The summed E-state index contributed by atoms with van der Waals surface area (Å²) in [6.07, 6.45) is -3.82. The average molecular weight is 314 g/mol. The number of benzene rings is 2. The van der Waals surface area contributed by atoms with E-state index in [1.165, 1.54) is 12.1 Å². The molecule has 0 bridgehead atoms. The van der Waals surface area contributed by atoms with Gasteiger partial charge in [-0.25, -0.2) is 0 Å². The summed E-state index contributed by atoms with van der Waals surface area (Å²) in [6, 6.07) is 14.7. The number of nitrogens with one attached hydrogen (secondary N) is 1. The summed E-state index contributed by atoms with van der Waals surface area (Å²) in [4.78, 5) is 0. The zero-order valence-corrected chi connectivity index (χ0v) is 12.0. The Labute approximate surface area is 126 Å². The normalized spacial score (nSPS) is 13.0. The van der Waals surface area contributed by atoms with Crippen LogP contribution in [0.2, 0.25) is 0 Å². The van der Waals surface area contributed by atoms with Gasteiger partial charge in [-0.15, -0.1) is 11.6 Å². The fourth-order valence-electron chi connectivity index (χ4n) is 2.12. The lowest BCUT2D eigenvalue weighted by Gasteiger charge is -2.21. The van der Waals surface area contributed by atoms with E-state index in [0.717, 1.165) is 11.6 Å². The van der Waals surface area contributed by atoms with Gasteiger partial charge in [-0.1, -0.05) is 42.5 Å². The van der Waals surface area contributed by atoms with Crippen molar-refractivity contribution in [3.05, 3.63) is 65.7 Å². The van der Waals surface area contributed by atoms with E-state index in [0.29, 0.717) is 6.42 Å². The van der Waals surface area contributed by atoms with Crippen LogP contribution in [-0.4, -0.2) is 11.9 Å². The number of hydrogen-bond acceptors (Lipinski definition) is 1. The molecule has 0 aliphatic heterocycles. The van der Waals surface area contributed by atoms with Crippen molar-refractivity contribution in [3.8, 4) is 0 Å². The molecule has 5 heteroatoms. The van der Waals surface area contributed by atoms with E-state index in [-0.39, 0.29) is 17.6 Å². The lowest BCUT2D eigenvalue weighted by Crippen LogP contribution is -2.25. The Kier molecular flexibility index (Phi) is 5.12. The minimum atomic E-state index is -4.38. The molecule has 0 aliphatic carbocycles. The van der Waals surface area contributed by atoms with E-state index in [4.69, 9.17) is 11.6 Å².